The molecule has 4 aliphatic rings. The minimum absolute atomic E-state index is 0.306. The topological polar surface area (TPSA) is 47.8 Å². The first-order chi connectivity index (χ1) is 16.4. The van der Waals surface area contributed by atoms with E-state index < -0.39 is 11.0 Å². The predicted octanol–water partition coefficient (Wildman–Crippen LogP) is 6.53. The minimum atomic E-state index is -0.949. The Balaban J connectivity index is 1.43. The van der Waals surface area contributed by atoms with Gasteiger partial charge in [-0.2, -0.15) is 0 Å². The van der Waals surface area contributed by atoms with E-state index in [1.165, 1.54) is 38.5 Å². The molecule has 4 bridgehead atoms. The molecule has 4 nitrogen and oxygen atoms in total. The third kappa shape index (κ3) is 3.67. The average Bonchev–Trinajstić information content (AvgIpc) is 3.08. The van der Waals surface area contributed by atoms with Crippen molar-refractivity contribution in [3.63, 3.8) is 0 Å². The van der Waals surface area contributed by atoms with Gasteiger partial charge < -0.3 is 9.14 Å². The van der Waals surface area contributed by atoms with Crippen LogP contribution in [-0.4, -0.2) is 15.4 Å². The lowest BCUT2D eigenvalue weighted by Crippen LogP contribution is -2.47. The van der Waals surface area contributed by atoms with Crippen molar-refractivity contribution in [3.8, 4) is 5.75 Å². The standard InChI is InChI=1S/C29H30ClNO3/c1-18-23(16-29-13-20-10-21(14-29)12-22(11-20)15-29)31-9-5-8-24(26(31)25(18)27(32)28(30)33)34-17-19-6-3-2-4-7-19/h2-9,20-22H,10-17H2,1H3. The predicted molar refractivity (Wildman–Crippen MR) is 132 cm³/mol. The van der Waals surface area contributed by atoms with Crippen molar-refractivity contribution in [1.82, 2.24) is 4.40 Å². The number of pyridine rings is 1. The van der Waals surface area contributed by atoms with Crippen molar-refractivity contribution in [2.24, 2.45) is 23.2 Å². The average molecular weight is 476 g/mol. The van der Waals surface area contributed by atoms with Crippen molar-refractivity contribution in [1.29, 1.82) is 0 Å². The second-order valence-corrected chi connectivity index (χ2v) is 11.4. The Morgan fingerprint density at radius 2 is 1.65 bits per heavy atom. The first-order valence-corrected chi connectivity index (χ1v) is 12.8. The molecule has 0 radical (unpaired) electrons. The quantitative estimate of drug-likeness (QED) is 0.221. The molecule has 5 heteroatoms. The molecule has 1 aromatic carbocycles. The Morgan fingerprint density at radius 1 is 1.00 bits per heavy atom. The van der Waals surface area contributed by atoms with Crippen molar-refractivity contribution < 1.29 is 14.3 Å². The highest BCUT2D eigenvalue weighted by Crippen LogP contribution is 2.61. The van der Waals surface area contributed by atoms with Crippen molar-refractivity contribution in [2.45, 2.75) is 58.5 Å². The maximum Gasteiger partial charge on any atom is 0.293 e. The number of Topliss-reactive ketones (excluding diaryl/α,β-unsaturated/α-hetero) is 1. The number of rotatable bonds is 7. The Labute approximate surface area is 205 Å². The van der Waals surface area contributed by atoms with Gasteiger partial charge in [-0.05, 0) is 110 Å². The highest BCUT2D eigenvalue weighted by molar-refractivity contribution is 6.83. The lowest BCUT2D eigenvalue weighted by atomic mass is 9.48. The number of halogens is 1. The SMILES string of the molecule is Cc1c(C(=O)C(=O)Cl)c2c(OCc3ccccc3)cccn2c1CC12CC3CC(CC(C3)C1)C2. The van der Waals surface area contributed by atoms with E-state index in [4.69, 9.17) is 16.3 Å². The van der Waals surface area contributed by atoms with Gasteiger partial charge in [-0.3, -0.25) is 9.59 Å². The Bertz CT molecular complexity index is 1240. The van der Waals surface area contributed by atoms with Gasteiger partial charge in [-0.25, -0.2) is 0 Å². The molecule has 0 saturated heterocycles. The fraction of sp³-hybridized carbons (Fsp3) is 0.448. The van der Waals surface area contributed by atoms with Gasteiger partial charge >= 0.3 is 0 Å². The monoisotopic (exact) mass is 475 g/mol. The van der Waals surface area contributed by atoms with Gasteiger partial charge in [0.2, 0.25) is 5.78 Å². The van der Waals surface area contributed by atoms with Crippen LogP contribution in [0.3, 0.4) is 0 Å². The zero-order chi connectivity index (χ0) is 23.4. The van der Waals surface area contributed by atoms with E-state index in [1.807, 2.05) is 55.6 Å². The van der Waals surface area contributed by atoms with Gasteiger partial charge in [-0.1, -0.05) is 30.3 Å². The summed E-state index contributed by atoms with van der Waals surface area (Å²) in [6.45, 7) is 2.36. The number of benzene rings is 1. The summed E-state index contributed by atoms with van der Waals surface area (Å²) in [6, 6.07) is 13.8. The number of ether oxygens (including phenoxy) is 1. The van der Waals surface area contributed by atoms with Crippen LogP contribution in [0.25, 0.3) is 5.52 Å². The summed E-state index contributed by atoms with van der Waals surface area (Å²) >= 11 is 5.73. The molecule has 4 fully saturated rings. The highest BCUT2D eigenvalue weighted by Gasteiger charge is 2.51. The van der Waals surface area contributed by atoms with Crippen LogP contribution in [0.1, 0.15) is 65.7 Å². The molecule has 4 aliphatic carbocycles. The first-order valence-electron chi connectivity index (χ1n) is 12.5. The normalized spacial score (nSPS) is 27.3. The molecule has 0 aliphatic heterocycles. The fourth-order valence-electron chi connectivity index (χ4n) is 7.77. The molecule has 0 spiro atoms. The van der Waals surface area contributed by atoms with Gasteiger partial charge in [-0.15, -0.1) is 0 Å². The Morgan fingerprint density at radius 3 is 2.26 bits per heavy atom. The van der Waals surface area contributed by atoms with Gasteiger partial charge in [0.25, 0.3) is 5.24 Å². The lowest BCUT2D eigenvalue weighted by molar-refractivity contribution is -0.108. The smallest absolute Gasteiger partial charge is 0.293 e. The number of carbonyl (C=O) groups excluding carboxylic acids is 2. The van der Waals surface area contributed by atoms with Crippen LogP contribution in [0.2, 0.25) is 0 Å². The molecular formula is C29H30ClNO3. The number of fused-ring (bicyclic) bond motifs is 1. The summed E-state index contributed by atoms with van der Waals surface area (Å²) in [7, 11) is 0. The fourth-order valence-corrected chi connectivity index (χ4v) is 7.86. The van der Waals surface area contributed by atoms with E-state index in [0.717, 1.165) is 41.0 Å². The molecule has 0 amide bonds. The largest absolute Gasteiger partial charge is 0.487 e. The molecule has 3 aromatic rings. The summed E-state index contributed by atoms with van der Waals surface area (Å²) in [5.74, 6) is 2.52. The van der Waals surface area contributed by atoms with Crippen molar-refractivity contribution >= 4 is 28.1 Å². The molecule has 7 rings (SSSR count). The molecule has 0 N–H and O–H groups in total. The number of nitrogens with zero attached hydrogens (tertiary/aromatic N) is 1. The molecule has 2 heterocycles. The van der Waals surface area contributed by atoms with Gasteiger partial charge in [0, 0.05) is 11.9 Å². The highest BCUT2D eigenvalue weighted by atomic mass is 35.5. The van der Waals surface area contributed by atoms with E-state index in [1.54, 1.807) is 0 Å². The molecule has 0 unspecified atom stereocenters. The number of hydrogen-bond donors (Lipinski definition) is 0. The third-order valence-corrected chi connectivity index (χ3v) is 8.81. The second kappa shape index (κ2) is 8.27. The van der Waals surface area contributed by atoms with Crippen LogP contribution < -0.4 is 4.74 Å². The van der Waals surface area contributed by atoms with E-state index in [2.05, 4.69) is 4.40 Å². The molecule has 2 aromatic heterocycles. The minimum Gasteiger partial charge on any atom is -0.487 e. The van der Waals surface area contributed by atoms with Crippen molar-refractivity contribution in [2.75, 3.05) is 0 Å². The maximum absolute atomic E-state index is 13.0. The van der Waals surface area contributed by atoms with Crippen LogP contribution in [-0.2, 0) is 17.8 Å². The Hall–Kier alpha value is -2.59. The van der Waals surface area contributed by atoms with E-state index >= 15 is 0 Å². The summed E-state index contributed by atoms with van der Waals surface area (Å²) < 4.78 is 8.31. The van der Waals surface area contributed by atoms with Crippen molar-refractivity contribution in [3.05, 3.63) is 71.0 Å². The van der Waals surface area contributed by atoms with E-state index in [-0.39, 0.29) is 0 Å². The molecular weight excluding hydrogens is 446 g/mol. The van der Waals surface area contributed by atoms with Crippen LogP contribution in [0.5, 0.6) is 5.75 Å². The number of aromatic nitrogens is 1. The van der Waals surface area contributed by atoms with Crippen LogP contribution in [0.15, 0.2) is 48.7 Å². The van der Waals surface area contributed by atoms with E-state index in [9.17, 15) is 9.59 Å². The van der Waals surface area contributed by atoms with Gasteiger partial charge in [0.05, 0.1) is 11.1 Å². The summed E-state index contributed by atoms with van der Waals surface area (Å²) in [4.78, 5) is 25.0. The molecule has 176 valence electrons. The summed E-state index contributed by atoms with van der Waals surface area (Å²) in [5.41, 5.74) is 4.40. The van der Waals surface area contributed by atoms with Gasteiger partial charge in [0.15, 0.2) is 0 Å². The lowest BCUT2D eigenvalue weighted by Gasteiger charge is -2.57. The van der Waals surface area contributed by atoms with E-state index in [0.29, 0.717) is 28.9 Å². The van der Waals surface area contributed by atoms with Crippen LogP contribution in [0.4, 0.5) is 0 Å². The number of ketones is 1. The second-order valence-electron chi connectivity index (χ2n) is 11.0. The summed E-state index contributed by atoms with van der Waals surface area (Å²) in [6.07, 6.45) is 11.0. The maximum atomic E-state index is 13.0. The molecule has 34 heavy (non-hydrogen) atoms. The number of hydrogen-bond acceptors (Lipinski definition) is 3. The third-order valence-electron chi connectivity index (χ3n) is 8.64. The summed E-state index contributed by atoms with van der Waals surface area (Å²) in [5, 5.41) is -0.949. The zero-order valence-corrected chi connectivity index (χ0v) is 20.3. The zero-order valence-electron chi connectivity index (χ0n) is 19.6. The van der Waals surface area contributed by atoms with Crippen LogP contribution in [0, 0.1) is 30.1 Å². The Kier molecular flexibility index (Phi) is 5.33. The van der Waals surface area contributed by atoms with Gasteiger partial charge in [0.1, 0.15) is 12.4 Å². The number of carbonyl (C=O) groups is 2. The first kappa shape index (κ1) is 21.9. The van der Waals surface area contributed by atoms with Crippen LogP contribution >= 0.6 is 11.6 Å². The molecule has 0 atom stereocenters. The molecule has 4 saturated carbocycles.